The average Bonchev–Trinajstić information content (AvgIpc) is 1.27. The van der Waals surface area contributed by atoms with Crippen LogP contribution < -0.4 is 0 Å². The third-order valence-corrected chi connectivity index (χ3v) is 0.359. The van der Waals surface area contributed by atoms with E-state index in [1.165, 1.54) is 7.05 Å². The van der Waals surface area contributed by atoms with Crippen molar-refractivity contribution < 1.29 is 9.76 Å². The molecular formula is C4H10NO2+. The molecule has 0 heterocycles. The lowest BCUT2D eigenvalue weighted by molar-refractivity contribution is -0.793. The zero-order valence-corrected chi connectivity index (χ0v) is 4.84. The first-order chi connectivity index (χ1) is 3.13. The molecule has 0 fully saturated rings. The van der Waals surface area contributed by atoms with Crippen molar-refractivity contribution in [2.75, 3.05) is 7.05 Å². The Kier molecular flexibility index (Phi) is 2.33. The predicted octanol–water partition coefficient (Wildman–Crippen LogP) is 0.735. The largest absolute Gasteiger partial charge is 0.239 e. The van der Waals surface area contributed by atoms with Gasteiger partial charge in [0.2, 0.25) is 12.0 Å². The summed E-state index contributed by atoms with van der Waals surface area (Å²) in [6.07, 6.45) is -0.0116. The molecule has 0 aliphatic rings. The van der Waals surface area contributed by atoms with E-state index in [4.69, 9.17) is 0 Å². The van der Waals surface area contributed by atoms with Gasteiger partial charge in [-0.3, -0.25) is 0 Å². The van der Waals surface area contributed by atoms with Gasteiger partial charge in [-0.2, -0.15) is 0 Å². The highest BCUT2D eigenvalue weighted by Gasteiger charge is 2.00. The third kappa shape index (κ3) is 5.40. The Morgan fingerprint density at radius 1 is 1.57 bits per heavy atom. The molecule has 3 nitrogen and oxygen atoms in total. The number of hydrogen-bond donors (Lipinski definition) is 0. The van der Waals surface area contributed by atoms with Gasteiger partial charge in [-0.05, 0) is 13.8 Å². The van der Waals surface area contributed by atoms with Gasteiger partial charge in [0.25, 0.3) is 0 Å². The monoisotopic (exact) mass is 104 g/mol. The van der Waals surface area contributed by atoms with Crippen molar-refractivity contribution >= 4 is 0 Å². The molecule has 42 valence electrons. The molecule has 0 radical (unpaired) electrons. The Bertz CT molecular complexity index is 70.1. The van der Waals surface area contributed by atoms with Gasteiger partial charge >= 0.3 is 0 Å². The molecule has 0 atom stereocenters. The molecule has 0 aliphatic carbocycles. The highest BCUT2D eigenvalue weighted by molar-refractivity contribution is 4.24. The van der Waals surface area contributed by atoms with E-state index in [9.17, 15) is 4.91 Å². The van der Waals surface area contributed by atoms with Crippen molar-refractivity contribution in [2.45, 2.75) is 20.0 Å². The summed E-state index contributed by atoms with van der Waals surface area (Å²) >= 11 is 0. The second kappa shape index (κ2) is 2.55. The fourth-order valence-corrected chi connectivity index (χ4v) is 0.297. The summed E-state index contributed by atoms with van der Waals surface area (Å²) < 4.78 is 0. The molecule has 0 aromatic heterocycles. The third-order valence-electron chi connectivity index (χ3n) is 0.359. The molecule has 0 unspecified atom stereocenters. The smallest absolute Gasteiger partial charge is 0.230 e. The van der Waals surface area contributed by atoms with Crippen molar-refractivity contribution in [3.05, 3.63) is 4.91 Å². The van der Waals surface area contributed by atoms with E-state index >= 15 is 0 Å². The van der Waals surface area contributed by atoms with Crippen molar-refractivity contribution in [2.24, 2.45) is 0 Å². The number of nitrogens with zero attached hydrogens (tertiary/aromatic N) is 1. The fraction of sp³-hybridized carbons (Fsp3) is 1.00. The number of hydrogen-bond acceptors (Lipinski definition) is 2. The predicted molar refractivity (Wildman–Crippen MR) is 25.8 cm³/mol. The van der Waals surface area contributed by atoms with Crippen LogP contribution in [0.25, 0.3) is 0 Å². The van der Waals surface area contributed by atoms with Gasteiger partial charge in [0, 0.05) is 0 Å². The van der Waals surface area contributed by atoms with Gasteiger partial charge in [-0.25, -0.2) is 4.84 Å². The normalized spacial score (nSPS) is 9.14. The molecule has 0 saturated carbocycles. The van der Waals surface area contributed by atoms with E-state index < -0.39 is 0 Å². The van der Waals surface area contributed by atoms with E-state index in [2.05, 4.69) is 4.84 Å². The Morgan fingerprint density at radius 2 is 2.00 bits per heavy atom. The lowest BCUT2D eigenvalue weighted by Crippen LogP contribution is -2.09. The molecule has 0 rings (SSSR count). The Balaban J connectivity index is 3.13. The first kappa shape index (κ1) is 6.40. The molecule has 0 aliphatic heterocycles. The van der Waals surface area contributed by atoms with Crippen molar-refractivity contribution in [1.82, 2.24) is 0 Å². The lowest BCUT2D eigenvalue weighted by atomic mass is 10.5. The summed E-state index contributed by atoms with van der Waals surface area (Å²) in [5.74, 6) is 0. The second-order valence-electron chi connectivity index (χ2n) is 1.59. The zero-order valence-electron chi connectivity index (χ0n) is 4.84. The summed E-state index contributed by atoms with van der Waals surface area (Å²) in [6.45, 7) is 3.60. The molecule has 0 bridgehead atoms. The van der Waals surface area contributed by atoms with Crippen LogP contribution in [0.3, 0.4) is 0 Å². The maximum Gasteiger partial charge on any atom is 0.239 e. The summed E-state index contributed by atoms with van der Waals surface area (Å²) in [7, 11) is 1.32. The standard InChI is InChI=1S/C4H10NO2/c1-4(2)7-5(3)6/h4H,1-3H3/q+1. The van der Waals surface area contributed by atoms with E-state index in [0.717, 1.165) is 0 Å². The first-order valence-corrected chi connectivity index (χ1v) is 2.20. The Hall–Kier alpha value is -0.600. The molecule has 0 saturated heterocycles. The molecule has 0 aromatic carbocycles. The van der Waals surface area contributed by atoms with Gasteiger partial charge in [-0.1, -0.05) is 0 Å². The van der Waals surface area contributed by atoms with E-state index in [-0.39, 0.29) is 6.10 Å². The average molecular weight is 104 g/mol. The summed E-state index contributed by atoms with van der Waals surface area (Å²) in [5.41, 5.74) is 0. The molecule has 3 heteroatoms. The maximum absolute atomic E-state index is 9.95. The quantitative estimate of drug-likeness (QED) is 0.483. The van der Waals surface area contributed by atoms with Crippen LogP contribution in [0.5, 0.6) is 0 Å². The highest BCUT2D eigenvalue weighted by Crippen LogP contribution is 1.83. The van der Waals surface area contributed by atoms with Crippen LogP contribution in [-0.2, 0) is 4.84 Å². The van der Waals surface area contributed by atoms with Crippen LogP contribution in [0, 0.1) is 4.91 Å². The van der Waals surface area contributed by atoms with Gasteiger partial charge in [0.05, 0.1) is 4.91 Å². The van der Waals surface area contributed by atoms with Crippen LogP contribution in [0.15, 0.2) is 0 Å². The summed E-state index contributed by atoms with van der Waals surface area (Å²) in [4.78, 5) is 14.9. The van der Waals surface area contributed by atoms with Gasteiger partial charge in [0.15, 0.2) is 6.10 Å². The zero-order chi connectivity index (χ0) is 5.86. The van der Waals surface area contributed by atoms with E-state index in [1.807, 2.05) is 0 Å². The van der Waals surface area contributed by atoms with Crippen LogP contribution in [0.4, 0.5) is 0 Å². The molecule has 0 aromatic rings. The van der Waals surface area contributed by atoms with Gasteiger partial charge < -0.3 is 0 Å². The minimum absolute atomic E-state index is 0.0116. The SMILES string of the molecule is CC(C)O[N+](C)=O. The minimum Gasteiger partial charge on any atom is -0.230 e. The summed E-state index contributed by atoms with van der Waals surface area (Å²) in [6, 6.07) is 0. The van der Waals surface area contributed by atoms with Crippen molar-refractivity contribution in [3.63, 3.8) is 0 Å². The summed E-state index contributed by atoms with van der Waals surface area (Å²) in [5, 5.41) is 0. The molecule has 0 amide bonds. The van der Waals surface area contributed by atoms with Crippen LogP contribution >= 0.6 is 0 Å². The van der Waals surface area contributed by atoms with Crippen molar-refractivity contribution in [3.8, 4) is 0 Å². The molecular weight excluding hydrogens is 94.0 g/mol. The Morgan fingerprint density at radius 3 is 2.00 bits per heavy atom. The highest BCUT2D eigenvalue weighted by atomic mass is 16.8. The topological polar surface area (TPSA) is 29.3 Å². The fourth-order valence-electron chi connectivity index (χ4n) is 0.297. The lowest BCUT2D eigenvalue weighted by Gasteiger charge is -1.91. The van der Waals surface area contributed by atoms with Crippen LogP contribution in [0.2, 0.25) is 0 Å². The molecule has 7 heavy (non-hydrogen) atoms. The van der Waals surface area contributed by atoms with Crippen LogP contribution in [-0.4, -0.2) is 18.1 Å². The molecule has 0 spiro atoms. The van der Waals surface area contributed by atoms with E-state index in [0.29, 0.717) is 4.92 Å². The Labute approximate surface area is 42.8 Å². The first-order valence-electron chi connectivity index (χ1n) is 2.20. The minimum atomic E-state index is -0.0116. The van der Waals surface area contributed by atoms with Crippen molar-refractivity contribution in [1.29, 1.82) is 0 Å². The molecule has 0 N–H and O–H groups in total. The van der Waals surface area contributed by atoms with Crippen LogP contribution in [0.1, 0.15) is 13.8 Å². The second-order valence-corrected chi connectivity index (χ2v) is 1.59. The van der Waals surface area contributed by atoms with Gasteiger partial charge in [0.1, 0.15) is 0 Å². The number of rotatable bonds is 2. The van der Waals surface area contributed by atoms with Gasteiger partial charge in [-0.15, -0.1) is 0 Å². The van der Waals surface area contributed by atoms with E-state index in [1.54, 1.807) is 13.8 Å². The maximum atomic E-state index is 9.95.